The Morgan fingerprint density at radius 2 is 1.00 bits per heavy atom. The molecule has 0 spiro atoms. The van der Waals surface area contributed by atoms with E-state index in [1.807, 2.05) is 30.3 Å². The molecule has 0 aliphatic rings. The standard InChI is InChI=1S/C30H33BrO12/c1-17(38-15-22-9-7-6-8-10-22)27(34)41-19(3)29(36)43-21(5)30(37)42-20(4)28(35)40-18(2)26(33)39-16-25(32)23-11-13-24(31)14-12-23/h6-14,17-21H,15-16H2,1-5H3/t17-,18-,19-,20-,21-/m0/s1. The van der Waals surface area contributed by atoms with Gasteiger partial charge in [-0.05, 0) is 52.3 Å². The van der Waals surface area contributed by atoms with Crippen LogP contribution in [0.2, 0.25) is 0 Å². The lowest BCUT2D eigenvalue weighted by molar-refractivity contribution is -0.186. The van der Waals surface area contributed by atoms with Crippen LogP contribution >= 0.6 is 15.9 Å². The molecule has 5 atom stereocenters. The molecule has 2 rings (SSSR count). The second kappa shape index (κ2) is 17.1. The van der Waals surface area contributed by atoms with Crippen LogP contribution in [0.15, 0.2) is 59.1 Å². The van der Waals surface area contributed by atoms with Gasteiger partial charge in [0, 0.05) is 10.0 Å². The van der Waals surface area contributed by atoms with Gasteiger partial charge in [-0.2, -0.15) is 0 Å². The van der Waals surface area contributed by atoms with E-state index in [4.69, 9.17) is 28.4 Å². The van der Waals surface area contributed by atoms with Crippen LogP contribution in [-0.2, 0) is 59.0 Å². The summed E-state index contributed by atoms with van der Waals surface area (Å²) in [6.45, 7) is 5.92. The van der Waals surface area contributed by atoms with Gasteiger partial charge in [0.05, 0.1) is 6.61 Å². The number of hydrogen-bond donors (Lipinski definition) is 0. The first-order chi connectivity index (χ1) is 20.3. The van der Waals surface area contributed by atoms with Gasteiger partial charge in [0.1, 0.15) is 0 Å². The summed E-state index contributed by atoms with van der Waals surface area (Å²) < 4.78 is 31.1. The highest BCUT2D eigenvalue weighted by Crippen LogP contribution is 2.12. The van der Waals surface area contributed by atoms with Crippen LogP contribution in [0.1, 0.15) is 50.5 Å². The van der Waals surface area contributed by atoms with Crippen LogP contribution in [0.25, 0.3) is 0 Å². The molecule has 0 aromatic heterocycles. The van der Waals surface area contributed by atoms with Gasteiger partial charge >= 0.3 is 29.8 Å². The summed E-state index contributed by atoms with van der Waals surface area (Å²) in [4.78, 5) is 73.6. The Morgan fingerprint density at radius 1 is 0.581 bits per heavy atom. The van der Waals surface area contributed by atoms with Crippen molar-refractivity contribution in [1.82, 2.24) is 0 Å². The molecule has 0 fully saturated rings. The van der Waals surface area contributed by atoms with Crippen molar-refractivity contribution >= 4 is 51.6 Å². The van der Waals surface area contributed by atoms with E-state index >= 15 is 0 Å². The van der Waals surface area contributed by atoms with Crippen molar-refractivity contribution in [3.8, 4) is 0 Å². The molecule has 0 aliphatic heterocycles. The Labute approximate surface area is 257 Å². The number of carbonyl (C=O) groups is 6. The predicted molar refractivity (Wildman–Crippen MR) is 152 cm³/mol. The molecule has 0 heterocycles. The first kappa shape index (κ1) is 35.1. The number of esters is 5. The van der Waals surface area contributed by atoms with Gasteiger partial charge in [-0.15, -0.1) is 0 Å². The van der Waals surface area contributed by atoms with E-state index in [2.05, 4.69) is 15.9 Å². The molecule has 13 heteroatoms. The van der Waals surface area contributed by atoms with Crippen molar-refractivity contribution in [3.05, 3.63) is 70.2 Å². The van der Waals surface area contributed by atoms with Crippen molar-refractivity contribution in [2.45, 2.75) is 71.7 Å². The second-order valence-electron chi connectivity index (χ2n) is 9.29. The van der Waals surface area contributed by atoms with Crippen LogP contribution in [0.3, 0.4) is 0 Å². The van der Waals surface area contributed by atoms with Crippen LogP contribution < -0.4 is 0 Å². The van der Waals surface area contributed by atoms with E-state index in [9.17, 15) is 28.8 Å². The van der Waals surface area contributed by atoms with Crippen LogP contribution in [-0.4, -0.2) is 72.8 Å². The SMILES string of the molecule is C[C@H](OCc1ccccc1)C(=O)O[C@@H](C)C(=O)O[C@@H](C)C(=O)O[C@@H](C)C(=O)O[C@@H](C)C(=O)OCC(=O)c1ccc(Br)cc1. The van der Waals surface area contributed by atoms with Gasteiger partial charge in [0.15, 0.2) is 42.9 Å². The zero-order valence-corrected chi connectivity index (χ0v) is 25.9. The number of rotatable bonds is 15. The largest absolute Gasteiger partial charge is 0.455 e. The number of carbonyl (C=O) groups excluding carboxylic acids is 6. The summed E-state index contributed by atoms with van der Waals surface area (Å²) in [5.74, 6) is -5.45. The third-order valence-electron chi connectivity index (χ3n) is 5.69. The minimum Gasteiger partial charge on any atom is -0.455 e. The van der Waals surface area contributed by atoms with Crippen molar-refractivity contribution in [1.29, 1.82) is 0 Å². The lowest BCUT2D eigenvalue weighted by Crippen LogP contribution is -2.38. The summed E-state index contributed by atoms with van der Waals surface area (Å²) in [7, 11) is 0. The molecule has 0 N–H and O–H groups in total. The number of benzene rings is 2. The fourth-order valence-electron chi connectivity index (χ4n) is 3.11. The van der Waals surface area contributed by atoms with Crippen LogP contribution in [0, 0.1) is 0 Å². The van der Waals surface area contributed by atoms with E-state index in [0.717, 1.165) is 10.0 Å². The molecule has 12 nitrogen and oxygen atoms in total. The average Bonchev–Trinajstić information content (AvgIpc) is 2.98. The van der Waals surface area contributed by atoms with Gasteiger partial charge < -0.3 is 28.4 Å². The van der Waals surface area contributed by atoms with Crippen LogP contribution in [0.4, 0.5) is 0 Å². The molecule has 0 saturated heterocycles. The lowest BCUT2D eigenvalue weighted by Gasteiger charge is -2.20. The quantitative estimate of drug-likeness (QED) is 0.155. The highest BCUT2D eigenvalue weighted by atomic mass is 79.9. The Kier molecular flexibility index (Phi) is 14.0. The fourth-order valence-corrected chi connectivity index (χ4v) is 3.37. The molecular formula is C30H33BrO12. The van der Waals surface area contributed by atoms with Crippen molar-refractivity contribution in [2.24, 2.45) is 0 Å². The molecule has 232 valence electrons. The van der Waals surface area contributed by atoms with E-state index in [1.54, 1.807) is 24.3 Å². The topological polar surface area (TPSA) is 158 Å². The molecule has 0 radical (unpaired) electrons. The maximum atomic E-state index is 12.4. The van der Waals surface area contributed by atoms with E-state index in [-0.39, 0.29) is 6.61 Å². The Balaban J connectivity index is 1.73. The Bertz CT molecular complexity index is 1280. The minimum absolute atomic E-state index is 0.159. The van der Waals surface area contributed by atoms with Crippen molar-refractivity contribution < 1.29 is 57.2 Å². The van der Waals surface area contributed by atoms with Gasteiger partial charge in [0.25, 0.3) is 0 Å². The zero-order chi connectivity index (χ0) is 32.1. The molecule has 0 unspecified atom stereocenters. The first-order valence-corrected chi connectivity index (χ1v) is 14.0. The molecular weight excluding hydrogens is 632 g/mol. The second-order valence-corrected chi connectivity index (χ2v) is 10.2. The summed E-state index contributed by atoms with van der Waals surface area (Å²) in [5, 5.41) is 0. The maximum Gasteiger partial charge on any atom is 0.347 e. The zero-order valence-electron chi connectivity index (χ0n) is 24.3. The normalized spacial score (nSPS) is 14.2. The molecule has 0 amide bonds. The maximum absolute atomic E-state index is 12.4. The van der Waals surface area contributed by atoms with E-state index in [0.29, 0.717) is 5.56 Å². The van der Waals surface area contributed by atoms with Gasteiger partial charge in [0.2, 0.25) is 0 Å². The number of ketones is 1. The Hall–Kier alpha value is -4.10. The minimum atomic E-state index is -1.48. The summed E-state index contributed by atoms with van der Waals surface area (Å²) in [5.41, 5.74) is 1.17. The summed E-state index contributed by atoms with van der Waals surface area (Å²) >= 11 is 3.25. The van der Waals surface area contributed by atoms with Crippen LogP contribution in [0.5, 0.6) is 0 Å². The number of ether oxygens (including phenoxy) is 6. The summed E-state index contributed by atoms with van der Waals surface area (Å²) in [6, 6.07) is 15.6. The number of halogens is 1. The molecule has 0 saturated carbocycles. The van der Waals surface area contributed by atoms with E-state index in [1.165, 1.54) is 34.6 Å². The number of Topliss-reactive ketones (excluding diaryl/α,β-unsaturated/α-hetero) is 1. The fraction of sp³-hybridized carbons (Fsp3) is 0.400. The smallest absolute Gasteiger partial charge is 0.347 e. The third kappa shape index (κ3) is 12.0. The monoisotopic (exact) mass is 664 g/mol. The molecule has 43 heavy (non-hydrogen) atoms. The van der Waals surface area contributed by atoms with Gasteiger partial charge in [-0.3, -0.25) is 4.79 Å². The highest BCUT2D eigenvalue weighted by Gasteiger charge is 2.31. The highest BCUT2D eigenvalue weighted by molar-refractivity contribution is 9.10. The third-order valence-corrected chi connectivity index (χ3v) is 6.21. The first-order valence-electron chi connectivity index (χ1n) is 13.2. The Morgan fingerprint density at radius 3 is 1.47 bits per heavy atom. The van der Waals surface area contributed by atoms with Crippen molar-refractivity contribution in [2.75, 3.05) is 6.61 Å². The summed E-state index contributed by atoms with van der Waals surface area (Å²) in [6.07, 6.45) is -6.70. The average molecular weight is 665 g/mol. The molecule has 2 aromatic rings. The number of hydrogen-bond acceptors (Lipinski definition) is 12. The van der Waals surface area contributed by atoms with E-state index < -0.39 is 72.8 Å². The molecule has 2 aromatic carbocycles. The predicted octanol–water partition coefficient (Wildman–Crippen LogP) is 3.51. The van der Waals surface area contributed by atoms with Crippen molar-refractivity contribution in [3.63, 3.8) is 0 Å². The lowest BCUT2D eigenvalue weighted by atomic mass is 10.1. The van der Waals surface area contributed by atoms with Gasteiger partial charge in [-0.25, -0.2) is 24.0 Å². The molecule has 0 aliphatic carbocycles. The molecule has 0 bridgehead atoms. The van der Waals surface area contributed by atoms with Gasteiger partial charge in [-0.1, -0.05) is 58.4 Å².